The molecule has 0 aromatic heterocycles. The molecular weight excluding hydrogens is 196 g/mol. The summed E-state index contributed by atoms with van der Waals surface area (Å²) in [4.78, 5) is 11.6. The van der Waals surface area contributed by atoms with Crippen LogP contribution in [0, 0.1) is 6.92 Å². The first-order valence-electron chi connectivity index (χ1n) is 4.94. The van der Waals surface area contributed by atoms with Crippen molar-refractivity contribution in [3.05, 3.63) is 34.3 Å². The lowest BCUT2D eigenvalue weighted by Crippen LogP contribution is -1.99. The van der Waals surface area contributed by atoms with Crippen LogP contribution < -0.4 is 0 Å². The second kappa shape index (κ2) is 5.16. The van der Waals surface area contributed by atoms with Crippen molar-refractivity contribution in [3.8, 4) is 0 Å². The molecule has 14 heavy (non-hydrogen) atoms. The number of hydrogen-bond acceptors (Lipinski definition) is 1. The normalized spacial score (nSPS) is 10.2. The average molecular weight is 211 g/mol. The van der Waals surface area contributed by atoms with Crippen molar-refractivity contribution in [2.24, 2.45) is 0 Å². The van der Waals surface area contributed by atoms with E-state index in [1.165, 1.54) is 0 Å². The molecule has 0 amide bonds. The number of ketones is 1. The lowest BCUT2D eigenvalue weighted by Gasteiger charge is -2.02. The molecule has 0 unspecified atom stereocenters. The zero-order chi connectivity index (χ0) is 10.6. The highest BCUT2D eigenvalue weighted by atomic mass is 35.5. The Morgan fingerprint density at radius 3 is 2.64 bits per heavy atom. The van der Waals surface area contributed by atoms with Gasteiger partial charge in [0.25, 0.3) is 0 Å². The van der Waals surface area contributed by atoms with Gasteiger partial charge in [-0.05, 0) is 37.1 Å². The first-order chi connectivity index (χ1) is 6.63. The summed E-state index contributed by atoms with van der Waals surface area (Å²) in [5, 5.41) is 0.643. The number of Topliss-reactive ketones (excluding diaryl/α,β-unsaturated/α-hetero) is 1. The molecule has 76 valence electrons. The van der Waals surface area contributed by atoms with Gasteiger partial charge in [-0.15, -0.1) is 0 Å². The molecule has 0 fully saturated rings. The van der Waals surface area contributed by atoms with Gasteiger partial charge in [-0.3, -0.25) is 4.79 Å². The highest BCUT2D eigenvalue weighted by Gasteiger charge is 2.06. The number of carbonyl (C=O) groups excluding carboxylic acids is 1. The highest BCUT2D eigenvalue weighted by Crippen LogP contribution is 2.16. The summed E-state index contributed by atoms with van der Waals surface area (Å²) in [7, 11) is 0. The maximum absolute atomic E-state index is 11.6. The molecule has 0 spiro atoms. The third-order valence-corrected chi connectivity index (χ3v) is 2.34. The van der Waals surface area contributed by atoms with E-state index < -0.39 is 0 Å². The van der Waals surface area contributed by atoms with Gasteiger partial charge in [-0.2, -0.15) is 0 Å². The van der Waals surface area contributed by atoms with Gasteiger partial charge in [-0.1, -0.05) is 24.9 Å². The second-order valence-electron chi connectivity index (χ2n) is 3.54. The van der Waals surface area contributed by atoms with E-state index in [1.54, 1.807) is 6.07 Å². The largest absolute Gasteiger partial charge is 0.294 e. The number of hydrogen-bond donors (Lipinski definition) is 0. The zero-order valence-corrected chi connectivity index (χ0v) is 9.40. The van der Waals surface area contributed by atoms with Crippen molar-refractivity contribution in [2.75, 3.05) is 0 Å². The monoisotopic (exact) mass is 210 g/mol. The van der Waals surface area contributed by atoms with Crippen molar-refractivity contribution in [3.63, 3.8) is 0 Å². The fraction of sp³-hybridized carbons (Fsp3) is 0.417. The highest BCUT2D eigenvalue weighted by molar-refractivity contribution is 6.31. The van der Waals surface area contributed by atoms with Crippen LogP contribution in [-0.2, 0) is 0 Å². The summed E-state index contributed by atoms with van der Waals surface area (Å²) in [6.07, 6.45) is 2.62. The van der Waals surface area contributed by atoms with E-state index in [-0.39, 0.29) is 5.78 Å². The number of benzene rings is 1. The quantitative estimate of drug-likeness (QED) is 0.686. The topological polar surface area (TPSA) is 17.1 Å². The molecule has 0 radical (unpaired) electrons. The van der Waals surface area contributed by atoms with E-state index in [1.807, 2.05) is 19.1 Å². The molecule has 0 N–H and O–H groups in total. The minimum absolute atomic E-state index is 0.192. The average Bonchev–Trinajstić information content (AvgIpc) is 2.12. The van der Waals surface area contributed by atoms with Crippen LogP contribution in [0.4, 0.5) is 0 Å². The number of aryl methyl sites for hydroxylation is 1. The summed E-state index contributed by atoms with van der Waals surface area (Å²) in [5.41, 5.74) is 1.78. The molecule has 0 aliphatic carbocycles. The van der Waals surface area contributed by atoms with Crippen LogP contribution >= 0.6 is 11.6 Å². The lowest BCUT2D eigenvalue weighted by atomic mass is 10.0. The minimum Gasteiger partial charge on any atom is -0.294 e. The van der Waals surface area contributed by atoms with Gasteiger partial charge in [0, 0.05) is 17.0 Å². The molecule has 0 aliphatic heterocycles. The third-order valence-electron chi connectivity index (χ3n) is 2.12. The summed E-state index contributed by atoms with van der Waals surface area (Å²) in [6, 6.07) is 5.49. The summed E-state index contributed by atoms with van der Waals surface area (Å²) < 4.78 is 0. The van der Waals surface area contributed by atoms with Crippen molar-refractivity contribution < 1.29 is 4.79 Å². The Bertz CT molecular complexity index is 311. The molecule has 1 nitrogen and oxygen atoms in total. The Kier molecular flexibility index (Phi) is 4.15. The Hall–Kier alpha value is -0.820. The van der Waals surface area contributed by atoms with Gasteiger partial charge in [0.1, 0.15) is 0 Å². The molecule has 0 aliphatic rings. The van der Waals surface area contributed by atoms with Crippen LogP contribution in [0.3, 0.4) is 0 Å². The second-order valence-corrected chi connectivity index (χ2v) is 3.98. The first kappa shape index (κ1) is 11.3. The molecule has 0 saturated carbocycles. The van der Waals surface area contributed by atoms with Crippen molar-refractivity contribution in [1.29, 1.82) is 0 Å². The zero-order valence-electron chi connectivity index (χ0n) is 8.64. The standard InChI is InChI=1S/C12H15ClO/c1-3-4-5-12(14)10-6-9(2)7-11(13)8-10/h6-8H,3-5H2,1-2H3. The minimum atomic E-state index is 0.192. The molecular formula is C12H15ClO. The van der Waals surface area contributed by atoms with Crippen LogP contribution in [0.25, 0.3) is 0 Å². The number of rotatable bonds is 4. The molecule has 1 aromatic rings. The van der Waals surface area contributed by atoms with Crippen molar-refractivity contribution >= 4 is 17.4 Å². The number of halogens is 1. The van der Waals surface area contributed by atoms with Crippen LogP contribution in [0.2, 0.25) is 5.02 Å². The first-order valence-corrected chi connectivity index (χ1v) is 5.31. The van der Waals surface area contributed by atoms with E-state index in [4.69, 9.17) is 11.6 Å². The Balaban J connectivity index is 2.79. The summed E-state index contributed by atoms with van der Waals surface area (Å²) >= 11 is 5.88. The predicted molar refractivity (Wildman–Crippen MR) is 60.0 cm³/mol. The third kappa shape index (κ3) is 3.15. The van der Waals surface area contributed by atoms with Gasteiger partial charge in [0.15, 0.2) is 5.78 Å². The van der Waals surface area contributed by atoms with Crippen LogP contribution in [0.1, 0.15) is 42.1 Å². The van der Waals surface area contributed by atoms with Gasteiger partial charge < -0.3 is 0 Å². The van der Waals surface area contributed by atoms with E-state index in [0.717, 1.165) is 24.0 Å². The Labute approximate surface area is 90.1 Å². The van der Waals surface area contributed by atoms with E-state index in [0.29, 0.717) is 11.4 Å². The maximum atomic E-state index is 11.6. The van der Waals surface area contributed by atoms with E-state index in [2.05, 4.69) is 6.92 Å². The Morgan fingerprint density at radius 2 is 2.07 bits per heavy atom. The molecule has 0 bridgehead atoms. The van der Waals surface area contributed by atoms with Crippen LogP contribution in [0.15, 0.2) is 18.2 Å². The molecule has 2 heteroatoms. The maximum Gasteiger partial charge on any atom is 0.162 e. The van der Waals surface area contributed by atoms with Crippen LogP contribution in [-0.4, -0.2) is 5.78 Å². The van der Waals surface area contributed by atoms with Gasteiger partial charge in [-0.25, -0.2) is 0 Å². The smallest absolute Gasteiger partial charge is 0.162 e. The molecule has 1 aromatic carbocycles. The SMILES string of the molecule is CCCCC(=O)c1cc(C)cc(Cl)c1. The van der Waals surface area contributed by atoms with Crippen LogP contribution in [0.5, 0.6) is 0 Å². The van der Waals surface area contributed by atoms with Gasteiger partial charge >= 0.3 is 0 Å². The molecule has 0 heterocycles. The van der Waals surface area contributed by atoms with E-state index >= 15 is 0 Å². The fourth-order valence-corrected chi connectivity index (χ4v) is 1.67. The Morgan fingerprint density at radius 1 is 1.36 bits per heavy atom. The molecule has 0 saturated heterocycles. The van der Waals surface area contributed by atoms with Gasteiger partial charge in [0.2, 0.25) is 0 Å². The lowest BCUT2D eigenvalue weighted by molar-refractivity contribution is 0.0979. The van der Waals surface area contributed by atoms with Crippen molar-refractivity contribution in [1.82, 2.24) is 0 Å². The van der Waals surface area contributed by atoms with Gasteiger partial charge in [0.05, 0.1) is 0 Å². The molecule has 1 rings (SSSR count). The molecule has 0 atom stereocenters. The summed E-state index contributed by atoms with van der Waals surface area (Å²) in [6.45, 7) is 4.03. The number of unbranched alkanes of at least 4 members (excludes halogenated alkanes) is 1. The predicted octanol–water partition coefficient (Wildman–Crippen LogP) is 4.02. The van der Waals surface area contributed by atoms with E-state index in [9.17, 15) is 4.79 Å². The summed E-state index contributed by atoms with van der Waals surface area (Å²) in [5.74, 6) is 0.192. The fourth-order valence-electron chi connectivity index (χ4n) is 1.38. The van der Waals surface area contributed by atoms with Crippen molar-refractivity contribution in [2.45, 2.75) is 33.1 Å². The number of carbonyl (C=O) groups is 1.